The molecule has 0 bridgehead atoms. The molecule has 0 fully saturated rings. The Bertz CT molecular complexity index is 1470. The van der Waals surface area contributed by atoms with Crippen LogP contribution in [0.2, 0.25) is 0 Å². The summed E-state index contributed by atoms with van der Waals surface area (Å²) in [4.78, 5) is 7.00. The van der Waals surface area contributed by atoms with Gasteiger partial charge in [0.1, 0.15) is 0 Å². The average Bonchev–Trinajstić information content (AvgIpc) is 3.51. The molecule has 3 nitrogen and oxygen atoms in total. The lowest BCUT2D eigenvalue weighted by molar-refractivity contribution is 0.725. The Hall–Kier alpha value is -4.24. The summed E-state index contributed by atoms with van der Waals surface area (Å²) in [6.07, 6.45) is 6.38. The smallest absolute Gasteiger partial charge is 0.0457 e. The summed E-state index contributed by atoms with van der Waals surface area (Å²) in [6, 6.07) is 36.3. The minimum atomic E-state index is 0.275. The van der Waals surface area contributed by atoms with E-state index < -0.39 is 0 Å². The van der Waals surface area contributed by atoms with E-state index in [2.05, 4.69) is 125 Å². The molecule has 0 spiro atoms. The second-order valence-corrected chi connectivity index (χ2v) is 8.82. The Labute approximate surface area is 199 Å². The highest BCUT2D eigenvalue weighted by molar-refractivity contribution is 5.88. The van der Waals surface area contributed by atoms with E-state index in [0.717, 1.165) is 18.5 Å². The van der Waals surface area contributed by atoms with Gasteiger partial charge in [0.2, 0.25) is 0 Å². The molecule has 0 unspecified atom stereocenters. The number of aromatic amines is 2. The van der Waals surface area contributed by atoms with Crippen LogP contribution >= 0.6 is 0 Å². The number of para-hydroxylation sites is 4. The van der Waals surface area contributed by atoms with Crippen LogP contribution in [0.5, 0.6) is 0 Å². The van der Waals surface area contributed by atoms with E-state index in [1.54, 1.807) is 0 Å². The van der Waals surface area contributed by atoms with Gasteiger partial charge in [0.05, 0.1) is 0 Å². The van der Waals surface area contributed by atoms with Gasteiger partial charge >= 0.3 is 0 Å². The summed E-state index contributed by atoms with van der Waals surface area (Å²) in [5.41, 5.74) is 8.70. The van der Waals surface area contributed by atoms with Gasteiger partial charge in [0.15, 0.2) is 0 Å². The number of aryl methyl sites for hydroxylation is 1. The molecule has 0 saturated heterocycles. The number of benzene rings is 4. The van der Waals surface area contributed by atoms with Gasteiger partial charge in [-0.2, -0.15) is 0 Å². The van der Waals surface area contributed by atoms with Crippen LogP contribution in [0.3, 0.4) is 0 Å². The fraction of sp³-hybridized carbons (Fsp3) is 0.0968. The molecule has 2 heterocycles. The Kier molecular flexibility index (Phi) is 5.36. The molecule has 0 atom stereocenters. The Morgan fingerprint density at radius 3 is 1.82 bits per heavy atom. The van der Waals surface area contributed by atoms with Crippen molar-refractivity contribution >= 4 is 33.2 Å². The second kappa shape index (κ2) is 8.95. The van der Waals surface area contributed by atoms with Crippen LogP contribution in [0.1, 0.15) is 29.0 Å². The van der Waals surface area contributed by atoms with Crippen molar-refractivity contribution in [1.82, 2.24) is 9.97 Å². The number of anilines is 2. The standard InChI is InChI=1S/C31H27N3/c1-2-11-23(12-3-1)34-29-15-7-4-10-22(29)18-19-24(27-20-32-30-16-8-5-13-25(27)30)28-21-33-31-17-9-6-14-26(28)31/h1-17,20-21,24,32-34H,18-19H2. The van der Waals surface area contributed by atoms with Gasteiger partial charge in [0, 0.05) is 51.5 Å². The molecule has 3 N–H and O–H groups in total. The zero-order chi connectivity index (χ0) is 22.7. The lowest BCUT2D eigenvalue weighted by Gasteiger charge is -2.18. The van der Waals surface area contributed by atoms with Gasteiger partial charge in [-0.1, -0.05) is 72.8 Å². The van der Waals surface area contributed by atoms with E-state index >= 15 is 0 Å². The first kappa shape index (κ1) is 20.4. The molecule has 0 aliphatic rings. The van der Waals surface area contributed by atoms with Crippen molar-refractivity contribution in [3.8, 4) is 0 Å². The topological polar surface area (TPSA) is 43.6 Å². The number of hydrogen-bond acceptors (Lipinski definition) is 1. The van der Waals surface area contributed by atoms with Gasteiger partial charge in [0.25, 0.3) is 0 Å². The van der Waals surface area contributed by atoms with E-state index in [-0.39, 0.29) is 5.92 Å². The highest BCUT2D eigenvalue weighted by Gasteiger charge is 2.21. The zero-order valence-electron chi connectivity index (χ0n) is 19.0. The van der Waals surface area contributed by atoms with Crippen LogP contribution in [-0.2, 0) is 6.42 Å². The Morgan fingerprint density at radius 1 is 0.588 bits per heavy atom. The number of rotatable bonds is 7. The first-order chi connectivity index (χ1) is 16.9. The van der Waals surface area contributed by atoms with E-state index in [0.29, 0.717) is 0 Å². The normalized spacial score (nSPS) is 11.4. The fourth-order valence-corrected chi connectivity index (χ4v) is 5.08. The third kappa shape index (κ3) is 3.86. The number of H-pyrrole nitrogens is 2. The Morgan fingerprint density at radius 2 is 1.15 bits per heavy atom. The van der Waals surface area contributed by atoms with Gasteiger partial charge in [-0.15, -0.1) is 0 Å². The minimum absolute atomic E-state index is 0.275. The lowest BCUT2D eigenvalue weighted by atomic mass is 9.85. The minimum Gasteiger partial charge on any atom is -0.361 e. The Balaban J connectivity index is 1.37. The number of nitrogens with one attached hydrogen (secondary N) is 3. The van der Waals surface area contributed by atoms with Crippen molar-refractivity contribution in [1.29, 1.82) is 0 Å². The second-order valence-electron chi connectivity index (χ2n) is 8.82. The van der Waals surface area contributed by atoms with Crippen LogP contribution in [0.4, 0.5) is 11.4 Å². The average molecular weight is 442 g/mol. The largest absolute Gasteiger partial charge is 0.361 e. The molecule has 0 aliphatic heterocycles. The maximum absolute atomic E-state index is 3.61. The summed E-state index contributed by atoms with van der Waals surface area (Å²) in [5.74, 6) is 0.275. The summed E-state index contributed by atoms with van der Waals surface area (Å²) >= 11 is 0. The van der Waals surface area contributed by atoms with E-state index in [4.69, 9.17) is 0 Å². The van der Waals surface area contributed by atoms with Crippen LogP contribution in [0.25, 0.3) is 21.8 Å². The molecule has 6 rings (SSSR count). The van der Waals surface area contributed by atoms with Crippen LogP contribution in [0.15, 0.2) is 116 Å². The van der Waals surface area contributed by atoms with E-state index in [1.165, 1.54) is 44.2 Å². The van der Waals surface area contributed by atoms with Crippen molar-refractivity contribution in [3.63, 3.8) is 0 Å². The number of hydrogen-bond donors (Lipinski definition) is 3. The molecule has 166 valence electrons. The third-order valence-corrected chi connectivity index (χ3v) is 6.77. The molecule has 6 aromatic rings. The maximum Gasteiger partial charge on any atom is 0.0457 e. The maximum atomic E-state index is 3.61. The van der Waals surface area contributed by atoms with Crippen molar-refractivity contribution in [2.45, 2.75) is 18.8 Å². The molecule has 3 heteroatoms. The zero-order valence-corrected chi connectivity index (χ0v) is 19.0. The van der Waals surface area contributed by atoms with Gasteiger partial charge < -0.3 is 15.3 Å². The van der Waals surface area contributed by atoms with Crippen molar-refractivity contribution < 1.29 is 0 Å². The van der Waals surface area contributed by atoms with Crippen LogP contribution < -0.4 is 5.32 Å². The van der Waals surface area contributed by atoms with E-state index in [9.17, 15) is 0 Å². The first-order valence-electron chi connectivity index (χ1n) is 11.9. The summed E-state index contributed by atoms with van der Waals surface area (Å²) < 4.78 is 0. The molecular formula is C31H27N3. The summed E-state index contributed by atoms with van der Waals surface area (Å²) in [7, 11) is 0. The van der Waals surface area contributed by atoms with E-state index in [1.807, 2.05) is 6.07 Å². The third-order valence-electron chi connectivity index (χ3n) is 6.77. The fourth-order valence-electron chi connectivity index (χ4n) is 5.08. The first-order valence-corrected chi connectivity index (χ1v) is 11.9. The lowest BCUT2D eigenvalue weighted by Crippen LogP contribution is -2.04. The molecule has 0 radical (unpaired) electrons. The van der Waals surface area contributed by atoms with Crippen LogP contribution in [0, 0.1) is 0 Å². The van der Waals surface area contributed by atoms with Crippen molar-refractivity contribution in [2.24, 2.45) is 0 Å². The molecule has 0 saturated carbocycles. The molecule has 34 heavy (non-hydrogen) atoms. The molecular weight excluding hydrogens is 414 g/mol. The predicted molar refractivity (Wildman–Crippen MR) is 143 cm³/mol. The molecule has 4 aromatic carbocycles. The predicted octanol–water partition coefficient (Wildman–Crippen LogP) is 8.16. The summed E-state index contributed by atoms with van der Waals surface area (Å²) in [5, 5.41) is 6.21. The molecule has 0 aliphatic carbocycles. The van der Waals surface area contributed by atoms with Gasteiger partial charge in [-0.3, -0.25) is 0 Å². The molecule has 0 amide bonds. The SMILES string of the molecule is c1ccc(Nc2ccccc2CCC(c2c[nH]c3ccccc23)c2c[nH]c3ccccc23)cc1. The summed E-state index contributed by atoms with van der Waals surface area (Å²) in [6.45, 7) is 0. The number of fused-ring (bicyclic) bond motifs is 2. The van der Waals surface area contributed by atoms with Gasteiger partial charge in [-0.05, 0) is 59.9 Å². The monoisotopic (exact) mass is 441 g/mol. The molecule has 2 aromatic heterocycles. The van der Waals surface area contributed by atoms with Crippen molar-refractivity contribution in [3.05, 3.63) is 132 Å². The highest BCUT2D eigenvalue weighted by Crippen LogP contribution is 2.38. The van der Waals surface area contributed by atoms with Crippen LogP contribution in [-0.4, -0.2) is 9.97 Å². The highest BCUT2D eigenvalue weighted by atomic mass is 14.9. The van der Waals surface area contributed by atoms with Crippen molar-refractivity contribution in [2.75, 3.05) is 5.32 Å². The number of aromatic nitrogens is 2. The quantitative estimate of drug-likeness (QED) is 0.230. The van der Waals surface area contributed by atoms with Gasteiger partial charge in [-0.25, -0.2) is 0 Å².